The zero-order valence-electron chi connectivity index (χ0n) is 17.6. The molecule has 1 aliphatic rings. The number of anilines is 1. The smallest absolute Gasteiger partial charge is 0.413 e. The topological polar surface area (TPSA) is 127 Å². The van der Waals surface area contributed by atoms with Gasteiger partial charge in [-0.2, -0.15) is 0 Å². The first-order valence-electron chi connectivity index (χ1n) is 10.1. The maximum atomic E-state index is 12.4. The third kappa shape index (κ3) is 4.86. The summed E-state index contributed by atoms with van der Waals surface area (Å²) in [6.07, 6.45) is -0.694. The minimum Gasteiger partial charge on any atom is -0.480 e. The fraction of sp³-hybridized carbons (Fsp3) is 0.217. The molecule has 170 valence electrons. The van der Waals surface area contributed by atoms with Crippen LogP contribution >= 0.6 is 11.3 Å². The van der Waals surface area contributed by atoms with E-state index in [9.17, 15) is 14.4 Å². The number of fused-ring (bicyclic) bond motifs is 3. The van der Waals surface area contributed by atoms with Crippen molar-refractivity contribution in [3.05, 3.63) is 70.7 Å². The molecule has 1 heterocycles. The number of carboxylic acid groups (broad SMARTS) is 1. The Morgan fingerprint density at radius 2 is 1.73 bits per heavy atom. The number of benzene rings is 2. The van der Waals surface area contributed by atoms with E-state index in [1.165, 1.54) is 12.5 Å². The zero-order valence-corrected chi connectivity index (χ0v) is 18.4. The maximum Gasteiger partial charge on any atom is 0.413 e. The summed E-state index contributed by atoms with van der Waals surface area (Å²) in [5, 5.41) is 15.5. The van der Waals surface area contributed by atoms with Crippen molar-refractivity contribution in [1.29, 1.82) is 0 Å². The van der Waals surface area contributed by atoms with E-state index in [1.807, 2.05) is 36.4 Å². The minimum atomic E-state index is -1.22. The molecule has 1 atom stereocenters. The van der Waals surface area contributed by atoms with Gasteiger partial charge in [-0.15, -0.1) is 11.3 Å². The lowest BCUT2D eigenvalue weighted by atomic mass is 9.98. The molecule has 10 heteroatoms. The van der Waals surface area contributed by atoms with Gasteiger partial charge in [0, 0.05) is 18.4 Å². The average Bonchev–Trinajstić information content (AvgIpc) is 3.40. The number of nitrogens with one attached hydrogen (secondary N) is 2. The highest BCUT2D eigenvalue weighted by atomic mass is 32.1. The molecule has 33 heavy (non-hydrogen) atoms. The Morgan fingerprint density at radius 1 is 1.09 bits per heavy atom. The van der Waals surface area contributed by atoms with E-state index in [1.54, 1.807) is 0 Å². The summed E-state index contributed by atoms with van der Waals surface area (Å²) in [4.78, 5) is 39.8. The predicted octanol–water partition coefficient (Wildman–Crippen LogP) is 3.33. The maximum absolute atomic E-state index is 12.4. The minimum absolute atomic E-state index is 0.0173. The number of hydrogen-bond acceptors (Lipinski definition) is 7. The number of ether oxygens (including phenoxy) is 2. The van der Waals surface area contributed by atoms with E-state index in [0.717, 1.165) is 33.6 Å². The summed E-state index contributed by atoms with van der Waals surface area (Å²) in [7, 11) is 1.33. The van der Waals surface area contributed by atoms with Crippen LogP contribution in [0.15, 0.2) is 53.9 Å². The first-order valence-corrected chi connectivity index (χ1v) is 11.0. The summed E-state index contributed by atoms with van der Waals surface area (Å²) >= 11 is 1.03. The van der Waals surface area contributed by atoms with Gasteiger partial charge in [0.25, 0.3) is 5.91 Å². The van der Waals surface area contributed by atoms with Crippen LogP contribution in [0.25, 0.3) is 11.1 Å². The highest BCUT2D eigenvalue weighted by molar-refractivity contribution is 7.14. The van der Waals surface area contributed by atoms with Crippen LogP contribution in [0, 0.1) is 0 Å². The number of methoxy groups -OCH3 is 1. The fourth-order valence-electron chi connectivity index (χ4n) is 3.73. The highest BCUT2D eigenvalue weighted by Gasteiger charge is 2.29. The number of rotatable bonds is 8. The van der Waals surface area contributed by atoms with Gasteiger partial charge in [0.05, 0.1) is 6.61 Å². The second-order valence-electron chi connectivity index (χ2n) is 7.31. The molecule has 3 N–H and O–H groups in total. The standard InChI is InChI=1S/C23H21N3O6S/c1-31-11-18(21(28)29)24-20(27)19-12-33-22(25-19)26-23(30)32-10-17-15-8-4-2-6-13(15)14-7-3-5-9-16(14)17/h2-9,12,17-18H,10-11H2,1H3,(H,24,27)(H,28,29)(H,25,26,30). The summed E-state index contributed by atoms with van der Waals surface area (Å²) < 4.78 is 10.2. The van der Waals surface area contributed by atoms with Crippen molar-refractivity contribution >= 4 is 34.4 Å². The molecule has 0 saturated carbocycles. The lowest BCUT2D eigenvalue weighted by Crippen LogP contribution is -2.43. The third-order valence-corrected chi connectivity index (χ3v) is 5.98. The Balaban J connectivity index is 1.36. The van der Waals surface area contributed by atoms with Crippen LogP contribution < -0.4 is 10.6 Å². The van der Waals surface area contributed by atoms with E-state index in [4.69, 9.17) is 14.6 Å². The molecular weight excluding hydrogens is 446 g/mol. The Labute approximate surface area is 193 Å². The number of thiazole rings is 1. The number of carbonyl (C=O) groups is 3. The number of carboxylic acids is 1. The number of carbonyl (C=O) groups excluding carboxylic acids is 2. The van der Waals surface area contributed by atoms with E-state index >= 15 is 0 Å². The van der Waals surface area contributed by atoms with Crippen molar-refractivity contribution in [2.45, 2.75) is 12.0 Å². The third-order valence-electron chi connectivity index (χ3n) is 5.23. The Bertz CT molecular complexity index is 1150. The second-order valence-corrected chi connectivity index (χ2v) is 8.17. The molecule has 1 aliphatic carbocycles. The first kappa shape index (κ1) is 22.4. The Hall–Kier alpha value is -3.76. The summed E-state index contributed by atoms with van der Waals surface area (Å²) in [5.41, 5.74) is 4.44. The molecular formula is C23H21N3O6S. The van der Waals surface area contributed by atoms with E-state index in [0.29, 0.717) is 0 Å². The molecule has 0 fully saturated rings. The summed E-state index contributed by atoms with van der Waals surface area (Å²) in [6.45, 7) is -0.0358. The lowest BCUT2D eigenvalue weighted by Gasteiger charge is -2.14. The molecule has 0 saturated heterocycles. The normalized spacial score (nSPS) is 13.0. The van der Waals surface area contributed by atoms with Gasteiger partial charge in [-0.3, -0.25) is 10.1 Å². The molecule has 0 bridgehead atoms. The zero-order chi connectivity index (χ0) is 23.4. The Morgan fingerprint density at radius 3 is 2.33 bits per heavy atom. The molecule has 2 amide bonds. The molecule has 3 aromatic rings. The van der Waals surface area contributed by atoms with Crippen LogP contribution in [0.4, 0.5) is 9.93 Å². The molecule has 0 aliphatic heterocycles. The van der Waals surface area contributed by atoms with Gasteiger partial charge in [0.15, 0.2) is 11.2 Å². The van der Waals surface area contributed by atoms with Crippen molar-refractivity contribution < 1.29 is 29.0 Å². The van der Waals surface area contributed by atoms with Gasteiger partial charge in [0.2, 0.25) is 0 Å². The van der Waals surface area contributed by atoms with Crippen LogP contribution in [0.1, 0.15) is 27.5 Å². The number of hydrogen-bond donors (Lipinski definition) is 3. The van der Waals surface area contributed by atoms with Crippen molar-refractivity contribution in [2.75, 3.05) is 25.6 Å². The quantitative estimate of drug-likeness (QED) is 0.464. The monoisotopic (exact) mass is 467 g/mol. The van der Waals surface area contributed by atoms with Crippen LogP contribution in [0.3, 0.4) is 0 Å². The van der Waals surface area contributed by atoms with Crippen molar-refractivity contribution in [3.8, 4) is 11.1 Å². The van der Waals surface area contributed by atoms with Gasteiger partial charge < -0.3 is 19.9 Å². The number of aliphatic carboxylic acids is 1. The summed E-state index contributed by atoms with van der Waals surface area (Å²) in [5.74, 6) is -1.98. The van der Waals surface area contributed by atoms with Gasteiger partial charge >= 0.3 is 12.1 Å². The second kappa shape index (κ2) is 9.80. The molecule has 2 aromatic carbocycles. The van der Waals surface area contributed by atoms with E-state index < -0.39 is 24.0 Å². The molecule has 1 unspecified atom stereocenters. The van der Waals surface area contributed by atoms with Crippen LogP contribution in [0.5, 0.6) is 0 Å². The number of aromatic nitrogens is 1. The van der Waals surface area contributed by atoms with Gasteiger partial charge in [-0.25, -0.2) is 14.6 Å². The van der Waals surface area contributed by atoms with Crippen LogP contribution in [-0.2, 0) is 14.3 Å². The number of nitrogens with zero attached hydrogens (tertiary/aromatic N) is 1. The molecule has 0 radical (unpaired) electrons. The molecule has 0 spiro atoms. The predicted molar refractivity (Wildman–Crippen MR) is 122 cm³/mol. The lowest BCUT2D eigenvalue weighted by molar-refractivity contribution is -0.140. The fourth-order valence-corrected chi connectivity index (χ4v) is 4.41. The number of amides is 2. The van der Waals surface area contributed by atoms with Gasteiger partial charge in [-0.1, -0.05) is 48.5 Å². The molecule has 1 aromatic heterocycles. The van der Waals surface area contributed by atoms with Crippen molar-refractivity contribution in [2.24, 2.45) is 0 Å². The van der Waals surface area contributed by atoms with Gasteiger partial charge in [0.1, 0.15) is 12.3 Å². The van der Waals surface area contributed by atoms with Crippen LogP contribution in [-0.4, -0.2) is 54.4 Å². The van der Waals surface area contributed by atoms with Crippen molar-refractivity contribution in [1.82, 2.24) is 10.3 Å². The first-order chi connectivity index (χ1) is 16.0. The van der Waals surface area contributed by atoms with E-state index in [2.05, 4.69) is 27.8 Å². The average molecular weight is 468 g/mol. The largest absolute Gasteiger partial charge is 0.480 e. The SMILES string of the molecule is COCC(NC(=O)c1csc(NC(=O)OCC2c3ccccc3-c3ccccc32)n1)C(=O)O. The van der Waals surface area contributed by atoms with Crippen LogP contribution in [0.2, 0.25) is 0 Å². The van der Waals surface area contributed by atoms with E-state index in [-0.39, 0.29) is 30.0 Å². The van der Waals surface area contributed by atoms with Crippen molar-refractivity contribution in [3.63, 3.8) is 0 Å². The summed E-state index contributed by atoms with van der Waals surface area (Å²) in [6, 6.07) is 14.8. The molecule has 4 rings (SSSR count). The highest BCUT2D eigenvalue weighted by Crippen LogP contribution is 2.44. The van der Waals surface area contributed by atoms with Gasteiger partial charge in [-0.05, 0) is 22.3 Å². The molecule has 9 nitrogen and oxygen atoms in total. The Kier molecular flexibility index (Phi) is 6.66.